The van der Waals surface area contributed by atoms with Gasteiger partial charge in [0.15, 0.2) is 0 Å². The highest BCUT2D eigenvalue weighted by Crippen LogP contribution is 2.40. The number of hydrogen-bond acceptors (Lipinski definition) is 2. The molecule has 2 nitrogen and oxygen atoms in total. The molecule has 0 radical (unpaired) electrons. The van der Waals surface area contributed by atoms with E-state index < -0.39 is 0 Å². The van der Waals surface area contributed by atoms with Gasteiger partial charge in [-0.2, -0.15) is 0 Å². The van der Waals surface area contributed by atoms with Gasteiger partial charge in [0, 0.05) is 0 Å². The highest BCUT2D eigenvalue weighted by Gasteiger charge is 2.26. The fraction of sp³-hybridized carbons (Fsp3) is 0.650. The predicted molar refractivity (Wildman–Crippen MR) is 104 cm³/mol. The SMILES string of the molecule is CC(C)(C)c1cc(CCCCCC(N)=S)cc(C(C)(C)C)c1O. The molecule has 3 N–H and O–H groups in total. The molecule has 0 atom stereocenters. The highest BCUT2D eigenvalue weighted by atomic mass is 32.1. The monoisotopic (exact) mass is 335 g/mol. The van der Waals surface area contributed by atoms with Crippen molar-refractivity contribution in [2.24, 2.45) is 5.73 Å². The second-order valence-corrected chi connectivity index (χ2v) is 9.09. The maximum Gasteiger partial charge on any atom is 0.123 e. The van der Waals surface area contributed by atoms with Gasteiger partial charge in [-0.3, -0.25) is 0 Å². The Kier molecular flexibility index (Phi) is 6.64. The molecule has 0 spiro atoms. The van der Waals surface area contributed by atoms with Gasteiger partial charge >= 0.3 is 0 Å². The molecule has 23 heavy (non-hydrogen) atoms. The van der Waals surface area contributed by atoms with Gasteiger partial charge in [0.25, 0.3) is 0 Å². The third kappa shape index (κ3) is 6.14. The first-order valence-corrected chi connectivity index (χ1v) is 8.99. The largest absolute Gasteiger partial charge is 0.507 e. The van der Waals surface area contributed by atoms with Crippen molar-refractivity contribution in [2.45, 2.75) is 84.5 Å². The Morgan fingerprint density at radius 2 is 1.43 bits per heavy atom. The zero-order chi connectivity index (χ0) is 17.8. The quantitative estimate of drug-likeness (QED) is 0.542. The van der Waals surface area contributed by atoms with Crippen LogP contribution in [-0.4, -0.2) is 10.1 Å². The van der Waals surface area contributed by atoms with Crippen molar-refractivity contribution in [1.82, 2.24) is 0 Å². The molecule has 1 rings (SSSR count). The van der Waals surface area contributed by atoms with Gasteiger partial charge in [-0.1, -0.05) is 72.3 Å². The van der Waals surface area contributed by atoms with Crippen LogP contribution < -0.4 is 5.73 Å². The van der Waals surface area contributed by atoms with Crippen LogP contribution in [0.4, 0.5) is 0 Å². The van der Waals surface area contributed by atoms with Crippen LogP contribution in [0.3, 0.4) is 0 Å². The topological polar surface area (TPSA) is 46.2 Å². The normalized spacial score (nSPS) is 12.4. The van der Waals surface area contributed by atoms with Crippen LogP contribution in [0.25, 0.3) is 0 Å². The lowest BCUT2D eigenvalue weighted by atomic mass is 9.78. The first-order chi connectivity index (χ1) is 10.4. The second kappa shape index (κ2) is 7.65. The Labute approximate surface area is 147 Å². The summed E-state index contributed by atoms with van der Waals surface area (Å²) in [6, 6.07) is 4.36. The number of phenolic OH excluding ortho intramolecular Hbond substituents is 1. The van der Waals surface area contributed by atoms with Gasteiger partial charge in [0.2, 0.25) is 0 Å². The summed E-state index contributed by atoms with van der Waals surface area (Å²) in [4.78, 5) is 0.611. The van der Waals surface area contributed by atoms with E-state index in [1.807, 2.05) is 0 Å². The summed E-state index contributed by atoms with van der Waals surface area (Å²) in [6.45, 7) is 12.9. The standard InChI is InChI=1S/C20H33NOS/c1-19(2,3)15-12-14(10-8-7-9-11-17(21)23)13-16(18(15)22)20(4,5)6/h12-13,22H,7-11H2,1-6H3,(H2,21,23). The minimum Gasteiger partial charge on any atom is -0.507 e. The number of hydrogen-bond donors (Lipinski definition) is 2. The lowest BCUT2D eigenvalue weighted by molar-refractivity contribution is 0.422. The number of unbranched alkanes of at least 4 members (excludes halogenated alkanes) is 2. The van der Waals surface area contributed by atoms with E-state index in [0.29, 0.717) is 10.7 Å². The van der Waals surface area contributed by atoms with E-state index in [4.69, 9.17) is 18.0 Å². The lowest BCUT2D eigenvalue weighted by Crippen LogP contribution is -2.18. The van der Waals surface area contributed by atoms with Crippen molar-refractivity contribution >= 4 is 17.2 Å². The molecule has 0 aliphatic rings. The van der Waals surface area contributed by atoms with Crippen molar-refractivity contribution < 1.29 is 5.11 Å². The second-order valence-electron chi connectivity index (χ2n) is 8.57. The van der Waals surface area contributed by atoms with Gasteiger partial charge in [0.05, 0.1) is 4.99 Å². The van der Waals surface area contributed by atoms with Crippen LogP contribution in [0, 0.1) is 0 Å². The highest BCUT2D eigenvalue weighted by molar-refractivity contribution is 7.80. The first kappa shape index (κ1) is 20.0. The zero-order valence-electron chi connectivity index (χ0n) is 15.6. The van der Waals surface area contributed by atoms with E-state index >= 15 is 0 Å². The van der Waals surface area contributed by atoms with Crippen molar-refractivity contribution in [3.05, 3.63) is 28.8 Å². The summed E-state index contributed by atoms with van der Waals surface area (Å²) >= 11 is 4.92. The van der Waals surface area contributed by atoms with Crippen molar-refractivity contribution in [1.29, 1.82) is 0 Å². The van der Waals surface area contributed by atoms with E-state index in [9.17, 15) is 5.11 Å². The molecule has 0 unspecified atom stereocenters. The Bertz CT molecular complexity index is 515. The molecule has 3 heteroatoms. The molecule has 0 fully saturated rings. The van der Waals surface area contributed by atoms with Crippen LogP contribution in [0.1, 0.15) is 83.9 Å². The van der Waals surface area contributed by atoms with Crippen molar-refractivity contribution in [2.75, 3.05) is 0 Å². The van der Waals surface area contributed by atoms with Crippen LogP contribution in [0.2, 0.25) is 0 Å². The molecule has 0 heterocycles. The molecule has 0 aromatic heterocycles. The van der Waals surface area contributed by atoms with Gasteiger partial charge in [-0.25, -0.2) is 0 Å². The number of aromatic hydroxyl groups is 1. The minimum absolute atomic E-state index is 0.0637. The summed E-state index contributed by atoms with van der Waals surface area (Å²) in [6.07, 6.45) is 5.19. The Morgan fingerprint density at radius 1 is 0.957 bits per heavy atom. The smallest absolute Gasteiger partial charge is 0.123 e. The van der Waals surface area contributed by atoms with E-state index in [0.717, 1.165) is 43.2 Å². The maximum atomic E-state index is 10.7. The Balaban J connectivity index is 2.98. The molecule has 0 aliphatic heterocycles. The molecule has 0 aliphatic carbocycles. The third-order valence-electron chi connectivity index (χ3n) is 4.17. The predicted octanol–water partition coefficient (Wildman–Crippen LogP) is 5.38. The van der Waals surface area contributed by atoms with Crippen molar-refractivity contribution in [3.63, 3.8) is 0 Å². The van der Waals surface area contributed by atoms with E-state index in [2.05, 4.69) is 53.7 Å². The van der Waals surface area contributed by atoms with Crippen LogP contribution in [0.15, 0.2) is 12.1 Å². The fourth-order valence-electron chi connectivity index (χ4n) is 2.79. The van der Waals surface area contributed by atoms with E-state index in [1.54, 1.807) is 0 Å². The molecule has 0 saturated carbocycles. The zero-order valence-corrected chi connectivity index (χ0v) is 16.4. The average molecular weight is 336 g/mol. The third-order valence-corrected chi connectivity index (χ3v) is 4.38. The molecule has 130 valence electrons. The number of benzene rings is 1. The van der Waals surface area contributed by atoms with E-state index in [-0.39, 0.29) is 10.8 Å². The number of nitrogens with two attached hydrogens (primary N) is 1. The summed E-state index contributed by atoms with van der Waals surface area (Å²) in [5, 5.41) is 10.7. The summed E-state index contributed by atoms with van der Waals surface area (Å²) < 4.78 is 0. The summed E-state index contributed by atoms with van der Waals surface area (Å²) in [5.41, 5.74) is 8.82. The molecule has 1 aromatic carbocycles. The fourth-order valence-corrected chi connectivity index (χ4v) is 2.93. The average Bonchev–Trinajstić information content (AvgIpc) is 2.36. The number of aryl methyl sites for hydroxylation is 1. The maximum absolute atomic E-state index is 10.7. The lowest BCUT2D eigenvalue weighted by Gasteiger charge is -2.28. The minimum atomic E-state index is -0.0637. The van der Waals surface area contributed by atoms with Crippen LogP contribution in [-0.2, 0) is 17.3 Å². The summed E-state index contributed by atoms with van der Waals surface area (Å²) in [5.74, 6) is 0.460. The molecule has 1 aromatic rings. The first-order valence-electron chi connectivity index (χ1n) is 8.58. The van der Waals surface area contributed by atoms with Crippen LogP contribution in [0.5, 0.6) is 5.75 Å². The molecule has 0 saturated heterocycles. The molecular weight excluding hydrogens is 302 g/mol. The molecular formula is C20H33NOS. The number of thiocarbonyl (C=S) groups is 1. The van der Waals surface area contributed by atoms with Crippen molar-refractivity contribution in [3.8, 4) is 5.75 Å². The van der Waals surface area contributed by atoms with Gasteiger partial charge in [-0.05, 0) is 53.2 Å². The number of rotatable bonds is 6. The van der Waals surface area contributed by atoms with E-state index in [1.165, 1.54) is 5.56 Å². The van der Waals surface area contributed by atoms with Gasteiger partial charge < -0.3 is 10.8 Å². The number of phenols is 1. The Morgan fingerprint density at radius 3 is 1.83 bits per heavy atom. The summed E-state index contributed by atoms with van der Waals surface area (Å²) in [7, 11) is 0. The van der Waals surface area contributed by atoms with Gasteiger partial charge in [0.1, 0.15) is 5.75 Å². The Hall–Kier alpha value is -1.09. The molecule has 0 bridgehead atoms. The van der Waals surface area contributed by atoms with Gasteiger partial charge in [-0.15, -0.1) is 0 Å². The van der Waals surface area contributed by atoms with Crippen LogP contribution >= 0.6 is 12.2 Å². The molecule has 0 amide bonds.